The van der Waals surface area contributed by atoms with Crippen LogP contribution in [0.5, 0.6) is 0 Å². The van der Waals surface area contributed by atoms with Gasteiger partial charge in [-0.15, -0.1) is 0 Å². The van der Waals surface area contributed by atoms with Crippen molar-refractivity contribution in [1.29, 1.82) is 0 Å². The fraction of sp³-hybridized carbons (Fsp3) is 0.348. The fourth-order valence-electron chi connectivity index (χ4n) is 3.47. The monoisotopic (exact) mass is 490 g/mol. The van der Waals surface area contributed by atoms with Crippen LogP contribution in [0.3, 0.4) is 0 Å². The van der Waals surface area contributed by atoms with Gasteiger partial charge in [-0.2, -0.15) is 0 Å². The number of nitrogens with one attached hydrogen (secondary N) is 1. The van der Waals surface area contributed by atoms with Gasteiger partial charge in [0.25, 0.3) is 5.91 Å². The Morgan fingerprint density at radius 3 is 2.47 bits per heavy atom. The Bertz CT molecular complexity index is 1050. The molecular formula is C23H27BrN2O3S. The first kappa shape index (κ1) is 22.6. The van der Waals surface area contributed by atoms with Gasteiger partial charge in [0.15, 0.2) is 0 Å². The lowest BCUT2D eigenvalue weighted by Gasteiger charge is -2.23. The topological polar surface area (TPSA) is 66.5 Å². The number of sulfonamides is 1. The van der Waals surface area contributed by atoms with E-state index in [1.54, 1.807) is 30.3 Å². The molecule has 0 spiro atoms. The predicted molar refractivity (Wildman–Crippen MR) is 125 cm³/mol. The first-order valence-corrected chi connectivity index (χ1v) is 12.7. The van der Waals surface area contributed by atoms with Crippen LogP contribution < -0.4 is 9.62 Å². The van der Waals surface area contributed by atoms with Crippen LogP contribution in [0.15, 0.2) is 58.6 Å². The minimum absolute atomic E-state index is 0.114. The molecule has 2 aromatic carbocycles. The molecule has 0 aliphatic heterocycles. The maximum absolute atomic E-state index is 12.4. The molecule has 1 aliphatic rings. The number of benzene rings is 2. The second-order valence-electron chi connectivity index (χ2n) is 7.69. The van der Waals surface area contributed by atoms with E-state index in [0.29, 0.717) is 17.8 Å². The van der Waals surface area contributed by atoms with E-state index in [-0.39, 0.29) is 12.5 Å². The molecule has 0 saturated carbocycles. The van der Waals surface area contributed by atoms with E-state index in [9.17, 15) is 13.2 Å². The summed E-state index contributed by atoms with van der Waals surface area (Å²) in [6.07, 6.45) is 7.97. The summed E-state index contributed by atoms with van der Waals surface area (Å²) >= 11 is 3.45. The molecule has 1 aliphatic carbocycles. The average molecular weight is 491 g/mol. The lowest BCUT2D eigenvalue weighted by atomic mass is 9.99. The van der Waals surface area contributed by atoms with Crippen molar-refractivity contribution >= 4 is 37.5 Å². The minimum atomic E-state index is -3.46. The van der Waals surface area contributed by atoms with Crippen LogP contribution >= 0.6 is 15.9 Å². The van der Waals surface area contributed by atoms with Crippen molar-refractivity contribution in [2.24, 2.45) is 0 Å². The summed E-state index contributed by atoms with van der Waals surface area (Å²) in [5.41, 5.74) is 4.25. The first-order valence-electron chi connectivity index (χ1n) is 10.0. The lowest BCUT2D eigenvalue weighted by molar-refractivity contribution is 0.0956. The van der Waals surface area contributed by atoms with Crippen LogP contribution in [0.1, 0.15) is 47.2 Å². The van der Waals surface area contributed by atoms with E-state index in [1.165, 1.54) is 29.0 Å². The average Bonchev–Trinajstić information content (AvgIpc) is 2.73. The first-order chi connectivity index (χ1) is 14.2. The molecule has 0 atom stereocenters. The van der Waals surface area contributed by atoms with Crippen molar-refractivity contribution in [2.75, 3.05) is 17.1 Å². The number of rotatable bonds is 7. The zero-order chi connectivity index (χ0) is 21.7. The smallest absolute Gasteiger partial charge is 0.251 e. The molecule has 2 aromatic rings. The molecule has 0 unspecified atom stereocenters. The Morgan fingerprint density at radius 2 is 1.87 bits per heavy atom. The van der Waals surface area contributed by atoms with Crippen molar-refractivity contribution in [2.45, 2.75) is 39.2 Å². The quantitative estimate of drug-likeness (QED) is 0.558. The normalized spacial score (nSPS) is 14.2. The van der Waals surface area contributed by atoms with Gasteiger partial charge < -0.3 is 5.32 Å². The van der Waals surface area contributed by atoms with Crippen LogP contribution in [0.25, 0.3) is 0 Å². The largest absolute Gasteiger partial charge is 0.348 e. The van der Waals surface area contributed by atoms with Crippen molar-refractivity contribution < 1.29 is 13.2 Å². The third kappa shape index (κ3) is 5.95. The van der Waals surface area contributed by atoms with Gasteiger partial charge >= 0.3 is 0 Å². The van der Waals surface area contributed by atoms with E-state index in [4.69, 9.17) is 0 Å². The molecule has 0 saturated heterocycles. The summed E-state index contributed by atoms with van der Waals surface area (Å²) < 4.78 is 27.1. The highest BCUT2D eigenvalue weighted by molar-refractivity contribution is 9.10. The van der Waals surface area contributed by atoms with Gasteiger partial charge in [-0.25, -0.2) is 8.42 Å². The van der Waals surface area contributed by atoms with Gasteiger partial charge in [-0.05, 0) is 74.1 Å². The number of carbonyl (C=O) groups is 1. The molecule has 7 heteroatoms. The number of halogens is 1. The van der Waals surface area contributed by atoms with Crippen molar-refractivity contribution in [3.05, 3.63) is 75.3 Å². The molecule has 3 rings (SSSR count). The molecule has 0 heterocycles. The number of amides is 1. The Balaban J connectivity index is 1.70. The van der Waals surface area contributed by atoms with Gasteiger partial charge in [0, 0.05) is 16.6 Å². The minimum Gasteiger partial charge on any atom is -0.348 e. The SMILES string of the molecule is Cc1cc(N(Cc2ccc(C(=O)NCC3=CCCCC3)cc2)S(C)(=O)=O)ccc1Br. The summed E-state index contributed by atoms with van der Waals surface area (Å²) in [5, 5.41) is 2.97. The molecule has 0 bridgehead atoms. The maximum atomic E-state index is 12.4. The summed E-state index contributed by atoms with van der Waals surface area (Å²) in [4.78, 5) is 12.4. The molecule has 1 N–H and O–H groups in total. The second-order valence-corrected chi connectivity index (χ2v) is 10.5. The molecule has 5 nitrogen and oxygen atoms in total. The Kier molecular flexibility index (Phi) is 7.36. The number of allylic oxidation sites excluding steroid dienone is 1. The summed E-state index contributed by atoms with van der Waals surface area (Å²) in [5.74, 6) is -0.114. The lowest BCUT2D eigenvalue weighted by Crippen LogP contribution is -2.29. The number of hydrogen-bond acceptors (Lipinski definition) is 3. The van der Waals surface area contributed by atoms with Gasteiger partial charge in [0.2, 0.25) is 10.0 Å². The van der Waals surface area contributed by atoms with Crippen molar-refractivity contribution in [3.63, 3.8) is 0 Å². The van der Waals surface area contributed by atoms with E-state index in [2.05, 4.69) is 27.3 Å². The summed E-state index contributed by atoms with van der Waals surface area (Å²) in [6, 6.07) is 12.6. The second kappa shape index (κ2) is 9.79. The molecule has 0 aromatic heterocycles. The van der Waals surface area contributed by atoms with Crippen LogP contribution in [0.2, 0.25) is 0 Å². The number of anilines is 1. The third-order valence-corrected chi connectivity index (χ3v) is 7.26. The van der Waals surface area contributed by atoms with Crippen LogP contribution in [0.4, 0.5) is 5.69 Å². The van der Waals surface area contributed by atoms with E-state index >= 15 is 0 Å². The molecule has 160 valence electrons. The standard InChI is InChI=1S/C23H27BrN2O3S/c1-17-14-21(12-13-22(17)24)26(30(2,28)29)16-19-8-10-20(11-9-19)23(27)25-15-18-6-4-3-5-7-18/h6,8-14H,3-5,7,15-16H2,1-2H3,(H,25,27). The van der Waals surface area contributed by atoms with E-state index < -0.39 is 10.0 Å². The van der Waals surface area contributed by atoms with Gasteiger partial charge in [0.1, 0.15) is 0 Å². The van der Waals surface area contributed by atoms with Gasteiger partial charge in [0.05, 0.1) is 18.5 Å². The Morgan fingerprint density at radius 1 is 1.13 bits per heavy atom. The third-order valence-electron chi connectivity index (χ3n) is 5.23. The number of hydrogen-bond donors (Lipinski definition) is 1. The summed E-state index contributed by atoms with van der Waals surface area (Å²) in [6.45, 7) is 2.71. The van der Waals surface area contributed by atoms with Gasteiger partial charge in [-0.3, -0.25) is 9.10 Å². The van der Waals surface area contributed by atoms with Crippen molar-refractivity contribution in [3.8, 4) is 0 Å². The summed E-state index contributed by atoms with van der Waals surface area (Å²) in [7, 11) is -3.46. The molecule has 30 heavy (non-hydrogen) atoms. The zero-order valence-electron chi connectivity index (χ0n) is 17.3. The highest BCUT2D eigenvalue weighted by Crippen LogP contribution is 2.26. The van der Waals surface area contributed by atoms with E-state index in [0.717, 1.165) is 28.4 Å². The van der Waals surface area contributed by atoms with Crippen molar-refractivity contribution in [1.82, 2.24) is 5.32 Å². The van der Waals surface area contributed by atoms with Crippen LogP contribution in [0, 0.1) is 6.92 Å². The fourth-order valence-corrected chi connectivity index (χ4v) is 4.60. The maximum Gasteiger partial charge on any atom is 0.251 e. The number of carbonyl (C=O) groups excluding carboxylic acids is 1. The number of aryl methyl sites for hydroxylation is 1. The highest BCUT2D eigenvalue weighted by Gasteiger charge is 2.19. The van der Waals surface area contributed by atoms with Gasteiger partial charge in [-0.1, -0.05) is 39.7 Å². The molecule has 0 radical (unpaired) electrons. The molecular weight excluding hydrogens is 464 g/mol. The zero-order valence-corrected chi connectivity index (χ0v) is 19.7. The number of nitrogens with zero attached hydrogens (tertiary/aromatic N) is 1. The van der Waals surface area contributed by atoms with Crippen LogP contribution in [-0.2, 0) is 16.6 Å². The van der Waals surface area contributed by atoms with E-state index in [1.807, 2.05) is 19.1 Å². The molecule has 0 fully saturated rings. The predicted octanol–water partition coefficient (Wildman–Crippen LogP) is 4.95. The highest BCUT2D eigenvalue weighted by atomic mass is 79.9. The molecule has 1 amide bonds. The Hall–Kier alpha value is -2.12. The Labute approximate surface area is 187 Å². The van der Waals surface area contributed by atoms with Crippen LogP contribution in [-0.4, -0.2) is 27.1 Å².